The molecule has 1 atom stereocenters. The van der Waals surface area contributed by atoms with E-state index < -0.39 is 17.8 Å². The number of halogens is 2. The van der Waals surface area contributed by atoms with Crippen molar-refractivity contribution >= 4 is 22.5 Å². The second-order valence-corrected chi connectivity index (χ2v) is 9.31. The summed E-state index contributed by atoms with van der Waals surface area (Å²) in [6.07, 6.45) is -3.37. The molecule has 5 rings (SSSR count). The Labute approximate surface area is 199 Å². The van der Waals surface area contributed by atoms with Crippen LogP contribution in [-0.4, -0.2) is 39.7 Å². The zero-order chi connectivity index (χ0) is 24.3. The lowest BCUT2D eigenvalue weighted by Gasteiger charge is -2.17. The molecule has 7 nitrogen and oxygen atoms in total. The van der Waals surface area contributed by atoms with Crippen LogP contribution in [-0.2, 0) is 16.8 Å². The lowest BCUT2D eigenvalue weighted by atomic mass is 9.94. The second kappa shape index (κ2) is 7.95. The predicted octanol–water partition coefficient (Wildman–Crippen LogP) is 4.85. The molecule has 1 fully saturated rings. The molecule has 3 aromatic rings. The fourth-order valence-electron chi connectivity index (χ4n) is 4.59. The number of aliphatic hydroxyl groups excluding tert-OH is 2. The van der Waals surface area contributed by atoms with E-state index in [1.54, 1.807) is 12.1 Å². The minimum atomic E-state index is -3.70. The fraction of sp³-hybridized carbons (Fsp3) is 0.400. The predicted molar refractivity (Wildman–Crippen MR) is 128 cm³/mol. The molecule has 34 heavy (non-hydrogen) atoms. The first-order valence-corrected chi connectivity index (χ1v) is 11.3. The third kappa shape index (κ3) is 3.88. The van der Waals surface area contributed by atoms with E-state index in [0.29, 0.717) is 24.1 Å². The second-order valence-electron chi connectivity index (χ2n) is 9.31. The molecule has 1 saturated carbocycles. The molecular formula is C25H32F2N2O5. The first-order chi connectivity index (χ1) is 16.1. The van der Waals surface area contributed by atoms with E-state index in [-0.39, 0.29) is 40.8 Å². The number of amides is 1. The summed E-state index contributed by atoms with van der Waals surface area (Å²) in [6, 6.07) is 12.0. The van der Waals surface area contributed by atoms with E-state index in [1.807, 2.05) is 22.8 Å². The van der Waals surface area contributed by atoms with Crippen molar-refractivity contribution in [3.05, 3.63) is 53.7 Å². The van der Waals surface area contributed by atoms with Gasteiger partial charge in [-0.15, -0.1) is 8.78 Å². The number of carbonyl (C=O) groups excluding carboxylic acids is 1. The van der Waals surface area contributed by atoms with Crippen molar-refractivity contribution in [2.24, 2.45) is 0 Å². The molecule has 1 amide bonds. The van der Waals surface area contributed by atoms with Crippen LogP contribution in [0, 0.1) is 0 Å². The maximum Gasteiger partial charge on any atom is 0.586 e. The van der Waals surface area contributed by atoms with E-state index in [1.165, 1.54) is 12.1 Å². The first kappa shape index (κ1) is 22.6. The molecule has 1 aliphatic heterocycles. The summed E-state index contributed by atoms with van der Waals surface area (Å²) < 4.78 is 37.7. The Morgan fingerprint density at radius 2 is 1.88 bits per heavy atom. The summed E-state index contributed by atoms with van der Waals surface area (Å²) in [7, 11) is 0. The lowest BCUT2D eigenvalue weighted by Crippen LogP contribution is -2.28. The molecule has 3 N–H and O–H groups in total. The van der Waals surface area contributed by atoms with Crippen LogP contribution >= 0.6 is 0 Å². The van der Waals surface area contributed by atoms with Gasteiger partial charge in [-0.05, 0) is 60.7 Å². The van der Waals surface area contributed by atoms with Gasteiger partial charge in [0.2, 0.25) is 5.91 Å². The van der Waals surface area contributed by atoms with Gasteiger partial charge in [-0.3, -0.25) is 4.79 Å². The van der Waals surface area contributed by atoms with Crippen molar-refractivity contribution in [1.82, 2.24) is 4.57 Å². The number of hydrogen-bond donors (Lipinski definition) is 3. The number of aromatic nitrogens is 1. The Morgan fingerprint density at radius 1 is 1.15 bits per heavy atom. The highest BCUT2D eigenvalue weighted by molar-refractivity contribution is 6.02. The summed E-state index contributed by atoms with van der Waals surface area (Å²) in [4.78, 5) is 13.2. The van der Waals surface area contributed by atoms with Crippen LogP contribution in [0.15, 0.2) is 42.5 Å². The van der Waals surface area contributed by atoms with Crippen molar-refractivity contribution in [3.8, 4) is 11.5 Å². The molecule has 2 aliphatic rings. The van der Waals surface area contributed by atoms with Gasteiger partial charge in [-0.2, -0.15) is 0 Å². The van der Waals surface area contributed by atoms with E-state index in [2.05, 4.69) is 28.6 Å². The number of carbonyl (C=O) groups is 1. The topological polar surface area (TPSA) is 93.0 Å². The average molecular weight is 479 g/mol. The standard InChI is InChI=1S/C25H26F2N2O5.3H2/c1-14(2)20-10-15-9-17(4-5-19(15)29(20)12-18(31)13-30)28-23(32)24(7-8-24)16-3-6-21-22(11-16)34-25(26,27)33-21;;;/h3-6,9-11,14,18,30-31H,7-8,12-13H2,1-2H3,(H,28,32);3*1H/t18-;;;/m1.../s1. The molecule has 0 bridgehead atoms. The Kier molecular flexibility index (Phi) is 5.29. The minimum absolute atomic E-state index is 0. The molecule has 9 heteroatoms. The summed E-state index contributed by atoms with van der Waals surface area (Å²) >= 11 is 0. The van der Waals surface area contributed by atoms with Crippen molar-refractivity contribution in [1.29, 1.82) is 0 Å². The highest BCUT2D eigenvalue weighted by atomic mass is 19.3. The Balaban J connectivity index is 0.00000160. The van der Waals surface area contributed by atoms with E-state index in [0.717, 1.165) is 16.6 Å². The molecule has 0 saturated heterocycles. The quantitative estimate of drug-likeness (QED) is 0.452. The van der Waals surface area contributed by atoms with E-state index >= 15 is 0 Å². The van der Waals surface area contributed by atoms with Crippen LogP contribution in [0.5, 0.6) is 11.5 Å². The van der Waals surface area contributed by atoms with Gasteiger partial charge in [0, 0.05) is 26.6 Å². The SMILES string of the molecule is CC(C)c1cc2cc(NC(=O)C3(c4ccc5c(c4)OC(F)(F)O5)CC3)ccc2n1C[C@@H](O)CO.[HH].[HH].[HH]. The van der Waals surface area contributed by atoms with Crippen molar-refractivity contribution < 1.29 is 37.5 Å². The van der Waals surface area contributed by atoms with Crippen molar-refractivity contribution in [2.75, 3.05) is 11.9 Å². The van der Waals surface area contributed by atoms with Crippen LogP contribution < -0.4 is 14.8 Å². The molecule has 2 heterocycles. The lowest BCUT2D eigenvalue weighted by molar-refractivity contribution is -0.286. The van der Waals surface area contributed by atoms with E-state index in [9.17, 15) is 23.8 Å². The highest BCUT2D eigenvalue weighted by Crippen LogP contribution is 2.52. The summed E-state index contributed by atoms with van der Waals surface area (Å²) in [5.41, 5.74) is 2.34. The van der Waals surface area contributed by atoms with Crippen LogP contribution in [0.4, 0.5) is 14.5 Å². The van der Waals surface area contributed by atoms with Gasteiger partial charge in [-0.1, -0.05) is 19.9 Å². The van der Waals surface area contributed by atoms with Crippen LogP contribution in [0.3, 0.4) is 0 Å². The molecule has 0 unspecified atom stereocenters. The van der Waals surface area contributed by atoms with Gasteiger partial charge in [0.05, 0.1) is 24.7 Å². The fourth-order valence-corrected chi connectivity index (χ4v) is 4.59. The zero-order valence-corrected chi connectivity index (χ0v) is 18.8. The normalized spacial score (nSPS) is 18.3. The number of nitrogens with zero attached hydrogens (tertiary/aromatic N) is 1. The van der Waals surface area contributed by atoms with Crippen molar-refractivity contribution in [3.63, 3.8) is 0 Å². The smallest absolute Gasteiger partial charge is 0.395 e. The number of ether oxygens (including phenoxy) is 2. The number of hydrogen-bond acceptors (Lipinski definition) is 5. The zero-order valence-electron chi connectivity index (χ0n) is 18.8. The van der Waals surface area contributed by atoms with Crippen LogP contribution in [0.25, 0.3) is 10.9 Å². The van der Waals surface area contributed by atoms with Crippen LogP contribution in [0.1, 0.15) is 48.1 Å². The van der Waals surface area contributed by atoms with Gasteiger partial charge < -0.3 is 29.6 Å². The number of fused-ring (bicyclic) bond motifs is 2. The number of alkyl halides is 2. The third-order valence-electron chi connectivity index (χ3n) is 6.53. The first-order valence-electron chi connectivity index (χ1n) is 11.3. The number of benzene rings is 2. The van der Waals surface area contributed by atoms with Gasteiger partial charge in [0.25, 0.3) is 0 Å². The molecule has 1 aromatic heterocycles. The Morgan fingerprint density at radius 3 is 2.56 bits per heavy atom. The number of aliphatic hydroxyl groups is 2. The van der Waals surface area contributed by atoms with Gasteiger partial charge in [0.1, 0.15) is 0 Å². The number of nitrogens with one attached hydrogen (secondary N) is 1. The molecular weight excluding hydrogens is 446 g/mol. The molecule has 0 spiro atoms. The molecule has 2 aromatic carbocycles. The largest absolute Gasteiger partial charge is 0.586 e. The van der Waals surface area contributed by atoms with Gasteiger partial charge >= 0.3 is 6.29 Å². The molecule has 1 aliphatic carbocycles. The average Bonchev–Trinajstić information content (AvgIpc) is 3.43. The van der Waals surface area contributed by atoms with E-state index in [4.69, 9.17) is 0 Å². The number of anilines is 1. The molecule has 0 radical (unpaired) electrons. The maximum absolute atomic E-state index is 13.4. The Hall–Kier alpha value is -3.17. The maximum atomic E-state index is 13.4. The highest BCUT2D eigenvalue weighted by Gasteiger charge is 2.52. The third-order valence-corrected chi connectivity index (χ3v) is 6.53. The van der Waals surface area contributed by atoms with Crippen LogP contribution in [0.2, 0.25) is 0 Å². The van der Waals surface area contributed by atoms with Gasteiger partial charge in [-0.25, -0.2) is 0 Å². The number of rotatable bonds is 7. The summed E-state index contributed by atoms with van der Waals surface area (Å²) in [5, 5.41) is 23.1. The summed E-state index contributed by atoms with van der Waals surface area (Å²) in [5.74, 6) is -0.135. The monoisotopic (exact) mass is 478 g/mol. The van der Waals surface area contributed by atoms with Crippen molar-refractivity contribution in [2.45, 2.75) is 57.0 Å². The minimum Gasteiger partial charge on any atom is -0.395 e. The van der Waals surface area contributed by atoms with Gasteiger partial charge in [0.15, 0.2) is 11.5 Å². The Bertz CT molecular complexity index is 1280. The molecule has 186 valence electrons. The summed E-state index contributed by atoms with van der Waals surface area (Å²) in [6.45, 7) is 4.05.